The second-order valence-corrected chi connectivity index (χ2v) is 3.77. The van der Waals surface area contributed by atoms with Gasteiger partial charge in [-0.15, -0.1) is 0 Å². The predicted molar refractivity (Wildman–Crippen MR) is 65.7 cm³/mol. The van der Waals surface area contributed by atoms with Crippen molar-refractivity contribution < 1.29 is 14.3 Å². The Labute approximate surface area is 108 Å². The maximum Gasteiger partial charge on any atom is 0.146 e. The molecule has 0 saturated carbocycles. The minimum Gasteiger partial charge on any atom is -0.545 e. The summed E-state index contributed by atoms with van der Waals surface area (Å²) in [6.07, 6.45) is 2.97. The van der Waals surface area contributed by atoms with Gasteiger partial charge in [0, 0.05) is 0 Å². The smallest absolute Gasteiger partial charge is 0.146 e. The number of rotatable bonds is 4. The number of aromatic carboxylic acids is 1. The van der Waals surface area contributed by atoms with Crippen LogP contribution in [-0.4, -0.2) is 12.2 Å². The summed E-state index contributed by atoms with van der Waals surface area (Å²) in [5.74, 6) is -0.709. The lowest BCUT2D eigenvalue weighted by Gasteiger charge is -2.07. The fourth-order valence-corrected chi connectivity index (χ4v) is 1.43. The van der Waals surface area contributed by atoms with Gasteiger partial charge in [0.2, 0.25) is 0 Å². The van der Waals surface area contributed by atoms with E-state index < -0.39 is 5.97 Å². The van der Waals surface area contributed by atoms with Crippen LogP contribution in [-0.2, 0) is 0 Å². The van der Waals surface area contributed by atoms with E-state index in [1.165, 1.54) is 30.7 Å². The normalized spacial score (nSPS) is 10.7. The number of furan rings is 1. The molecular formula is C12H8ClN2O3-. The van der Waals surface area contributed by atoms with E-state index in [0.29, 0.717) is 16.5 Å². The number of nitrogens with zero attached hydrogens (tertiary/aromatic N) is 1. The molecule has 0 amide bonds. The first-order valence-electron chi connectivity index (χ1n) is 5.00. The second kappa shape index (κ2) is 5.37. The predicted octanol–water partition coefficient (Wildman–Crippen LogP) is 1.74. The summed E-state index contributed by atoms with van der Waals surface area (Å²) in [5.41, 5.74) is 3.03. The number of carboxylic acids is 1. The van der Waals surface area contributed by atoms with Crippen LogP contribution in [0, 0.1) is 0 Å². The highest BCUT2D eigenvalue weighted by Gasteiger charge is 2.01. The van der Waals surface area contributed by atoms with E-state index in [1.54, 1.807) is 12.1 Å². The largest absolute Gasteiger partial charge is 0.545 e. The van der Waals surface area contributed by atoms with Gasteiger partial charge in [0.05, 0.1) is 29.2 Å². The van der Waals surface area contributed by atoms with E-state index in [1.807, 2.05) is 0 Å². The molecule has 0 fully saturated rings. The maximum absolute atomic E-state index is 10.7. The molecule has 0 aliphatic heterocycles. The Hall–Kier alpha value is -2.27. The number of carbonyl (C=O) groups excluding carboxylic acids is 1. The van der Waals surface area contributed by atoms with Crippen LogP contribution in [0.2, 0.25) is 5.02 Å². The van der Waals surface area contributed by atoms with E-state index in [4.69, 9.17) is 16.0 Å². The molecule has 2 aromatic rings. The van der Waals surface area contributed by atoms with E-state index in [-0.39, 0.29) is 5.56 Å². The Kier molecular flexibility index (Phi) is 3.64. The van der Waals surface area contributed by atoms with Gasteiger partial charge in [0.25, 0.3) is 0 Å². The molecule has 92 valence electrons. The Morgan fingerprint density at radius 3 is 2.94 bits per heavy atom. The van der Waals surface area contributed by atoms with Crippen LogP contribution in [0.25, 0.3) is 0 Å². The van der Waals surface area contributed by atoms with Crippen LogP contribution in [0.5, 0.6) is 0 Å². The number of carbonyl (C=O) groups is 1. The van der Waals surface area contributed by atoms with Crippen molar-refractivity contribution in [3.63, 3.8) is 0 Å². The van der Waals surface area contributed by atoms with Gasteiger partial charge in [-0.2, -0.15) is 5.10 Å². The quantitative estimate of drug-likeness (QED) is 0.673. The zero-order valence-corrected chi connectivity index (χ0v) is 9.85. The average molecular weight is 264 g/mol. The first-order chi connectivity index (χ1) is 8.66. The Bertz CT molecular complexity index is 579. The van der Waals surface area contributed by atoms with Gasteiger partial charge in [-0.25, -0.2) is 0 Å². The molecule has 1 heterocycles. The summed E-state index contributed by atoms with van der Waals surface area (Å²) in [6, 6.07) is 7.61. The van der Waals surface area contributed by atoms with E-state index in [0.717, 1.165) is 0 Å². The summed E-state index contributed by atoms with van der Waals surface area (Å²) < 4.78 is 5.04. The maximum atomic E-state index is 10.7. The molecule has 1 N–H and O–H groups in total. The number of benzene rings is 1. The van der Waals surface area contributed by atoms with Crippen molar-refractivity contribution in [2.45, 2.75) is 0 Å². The number of hydrogen-bond donors (Lipinski definition) is 1. The van der Waals surface area contributed by atoms with Crippen LogP contribution in [0.15, 0.2) is 46.1 Å². The molecule has 1 aromatic heterocycles. The molecule has 0 atom stereocenters. The van der Waals surface area contributed by atoms with Crippen LogP contribution in [0.3, 0.4) is 0 Å². The molecular weight excluding hydrogens is 256 g/mol. The Balaban J connectivity index is 2.13. The van der Waals surface area contributed by atoms with Gasteiger partial charge in [-0.3, -0.25) is 5.43 Å². The summed E-state index contributed by atoms with van der Waals surface area (Å²) in [7, 11) is 0. The Morgan fingerprint density at radius 1 is 1.44 bits per heavy atom. The fourth-order valence-electron chi connectivity index (χ4n) is 1.27. The molecule has 0 aliphatic carbocycles. The highest BCUT2D eigenvalue weighted by atomic mass is 35.5. The molecule has 1 aromatic carbocycles. The first kappa shape index (κ1) is 12.2. The van der Waals surface area contributed by atoms with E-state index in [9.17, 15) is 9.90 Å². The summed E-state index contributed by atoms with van der Waals surface area (Å²) in [6.45, 7) is 0. The van der Waals surface area contributed by atoms with E-state index >= 15 is 0 Å². The van der Waals surface area contributed by atoms with Crippen molar-refractivity contribution in [1.82, 2.24) is 0 Å². The summed E-state index contributed by atoms with van der Waals surface area (Å²) in [4.78, 5) is 10.7. The van der Waals surface area contributed by atoms with Crippen molar-refractivity contribution in [3.8, 4) is 0 Å². The van der Waals surface area contributed by atoms with Crippen LogP contribution >= 0.6 is 11.6 Å². The number of carboxylic acid groups (broad SMARTS) is 1. The number of nitrogens with one attached hydrogen (secondary N) is 1. The third-order valence-corrected chi connectivity index (χ3v) is 2.45. The second-order valence-electron chi connectivity index (χ2n) is 3.37. The van der Waals surface area contributed by atoms with Gasteiger partial charge in [-0.1, -0.05) is 17.7 Å². The molecule has 2 rings (SSSR count). The van der Waals surface area contributed by atoms with Crippen LogP contribution in [0.4, 0.5) is 5.69 Å². The minimum atomic E-state index is -1.27. The van der Waals surface area contributed by atoms with Gasteiger partial charge >= 0.3 is 0 Å². The molecule has 0 aliphatic rings. The Morgan fingerprint density at radius 2 is 2.28 bits per heavy atom. The summed E-state index contributed by atoms with van der Waals surface area (Å²) >= 11 is 5.89. The lowest BCUT2D eigenvalue weighted by atomic mass is 10.2. The van der Waals surface area contributed by atoms with Gasteiger partial charge < -0.3 is 14.3 Å². The first-order valence-corrected chi connectivity index (χ1v) is 5.38. The topological polar surface area (TPSA) is 77.7 Å². The average Bonchev–Trinajstić information content (AvgIpc) is 2.84. The fraction of sp³-hybridized carbons (Fsp3) is 0. The van der Waals surface area contributed by atoms with Crippen molar-refractivity contribution in [2.24, 2.45) is 5.10 Å². The van der Waals surface area contributed by atoms with E-state index in [2.05, 4.69) is 10.5 Å². The van der Waals surface area contributed by atoms with Crippen molar-refractivity contribution in [2.75, 3.05) is 5.43 Å². The zero-order chi connectivity index (χ0) is 13.0. The molecule has 18 heavy (non-hydrogen) atoms. The monoisotopic (exact) mass is 263 g/mol. The SMILES string of the molecule is O=C([O-])c1ccc(Cl)c(N/N=C\c2ccco2)c1. The minimum absolute atomic E-state index is 0.0232. The molecule has 0 spiro atoms. The molecule has 0 radical (unpaired) electrons. The third kappa shape index (κ3) is 2.89. The standard InChI is InChI=1S/C12H9ClN2O3/c13-10-4-3-8(12(16)17)6-11(10)15-14-7-9-2-1-5-18-9/h1-7,15H,(H,16,17)/p-1/b14-7-. The number of halogens is 1. The van der Waals surface area contributed by atoms with Crippen LogP contribution < -0.4 is 10.5 Å². The van der Waals surface area contributed by atoms with Crippen LogP contribution in [0.1, 0.15) is 16.1 Å². The summed E-state index contributed by atoms with van der Waals surface area (Å²) in [5, 5.41) is 14.9. The highest BCUT2D eigenvalue weighted by Crippen LogP contribution is 2.22. The van der Waals surface area contributed by atoms with Gasteiger partial charge in [0.15, 0.2) is 0 Å². The third-order valence-electron chi connectivity index (χ3n) is 2.12. The highest BCUT2D eigenvalue weighted by molar-refractivity contribution is 6.33. The zero-order valence-electron chi connectivity index (χ0n) is 9.09. The molecule has 0 unspecified atom stereocenters. The van der Waals surface area contributed by atoms with Crippen molar-refractivity contribution in [3.05, 3.63) is 52.9 Å². The molecule has 5 nitrogen and oxygen atoms in total. The lowest BCUT2D eigenvalue weighted by molar-refractivity contribution is -0.255. The molecule has 0 saturated heterocycles. The van der Waals surface area contributed by atoms with Gasteiger partial charge in [0.1, 0.15) is 5.76 Å². The lowest BCUT2D eigenvalue weighted by Crippen LogP contribution is -2.22. The van der Waals surface area contributed by atoms with Gasteiger partial charge in [-0.05, 0) is 29.8 Å². The number of anilines is 1. The van der Waals surface area contributed by atoms with Crippen molar-refractivity contribution >= 4 is 29.5 Å². The number of hydrazone groups is 1. The number of hydrogen-bond acceptors (Lipinski definition) is 5. The molecule has 6 heteroatoms. The van der Waals surface area contributed by atoms with Crippen molar-refractivity contribution in [1.29, 1.82) is 0 Å². The molecule has 0 bridgehead atoms.